The van der Waals surface area contributed by atoms with Crippen LogP contribution in [0.2, 0.25) is 0 Å². The van der Waals surface area contributed by atoms with Crippen molar-refractivity contribution in [1.82, 2.24) is 5.32 Å². The Hall–Kier alpha value is -0.160. The summed E-state index contributed by atoms with van der Waals surface area (Å²) in [5.74, 6) is 0. The molecule has 0 amide bonds. The van der Waals surface area contributed by atoms with Gasteiger partial charge >= 0.3 is 0 Å². The Morgan fingerprint density at radius 1 is 1.36 bits per heavy atom. The quantitative estimate of drug-likeness (QED) is 0.609. The second-order valence-corrected chi connectivity index (χ2v) is 3.90. The maximum Gasteiger partial charge on any atom is 0.0700 e. The number of nitrogens with one attached hydrogen (secondary N) is 1. The van der Waals surface area contributed by atoms with Crippen LogP contribution >= 0.6 is 0 Å². The minimum Gasteiger partial charge on any atom is -0.382 e. The van der Waals surface area contributed by atoms with Crippen LogP contribution in [0.5, 0.6) is 0 Å². The van der Waals surface area contributed by atoms with Crippen LogP contribution in [-0.4, -0.2) is 52.2 Å². The van der Waals surface area contributed by atoms with Crippen molar-refractivity contribution in [2.75, 3.05) is 46.7 Å². The summed E-state index contributed by atoms with van der Waals surface area (Å²) < 4.78 is 15.6. The molecule has 1 saturated heterocycles. The molecule has 1 aliphatic heterocycles. The maximum atomic E-state index is 5.35. The number of hydrogen-bond donors (Lipinski definition) is 1. The van der Waals surface area contributed by atoms with E-state index in [2.05, 4.69) is 12.2 Å². The van der Waals surface area contributed by atoms with Crippen molar-refractivity contribution >= 4 is 0 Å². The van der Waals surface area contributed by atoms with Gasteiger partial charge in [0.25, 0.3) is 0 Å². The average molecular weight is 203 g/mol. The van der Waals surface area contributed by atoms with Crippen LogP contribution in [-0.2, 0) is 14.2 Å². The van der Waals surface area contributed by atoms with Gasteiger partial charge in [-0.05, 0) is 13.3 Å². The monoisotopic (exact) mass is 203 g/mol. The molecule has 84 valence electrons. The van der Waals surface area contributed by atoms with Gasteiger partial charge in [0.2, 0.25) is 0 Å². The van der Waals surface area contributed by atoms with E-state index in [-0.39, 0.29) is 5.54 Å². The van der Waals surface area contributed by atoms with Gasteiger partial charge in [-0.1, -0.05) is 0 Å². The van der Waals surface area contributed by atoms with Gasteiger partial charge in [-0.15, -0.1) is 0 Å². The van der Waals surface area contributed by atoms with Crippen molar-refractivity contribution in [2.45, 2.75) is 18.9 Å². The molecule has 0 aromatic carbocycles. The number of hydrogen-bond acceptors (Lipinski definition) is 4. The second kappa shape index (κ2) is 6.35. The van der Waals surface area contributed by atoms with E-state index in [0.29, 0.717) is 13.2 Å². The highest BCUT2D eigenvalue weighted by Gasteiger charge is 2.28. The van der Waals surface area contributed by atoms with Gasteiger partial charge in [-0.3, -0.25) is 0 Å². The molecule has 1 N–H and O–H groups in total. The van der Waals surface area contributed by atoms with Crippen LogP contribution in [0.1, 0.15) is 13.3 Å². The zero-order valence-corrected chi connectivity index (χ0v) is 9.17. The van der Waals surface area contributed by atoms with Gasteiger partial charge in [0.1, 0.15) is 0 Å². The van der Waals surface area contributed by atoms with E-state index in [4.69, 9.17) is 14.2 Å². The van der Waals surface area contributed by atoms with Crippen LogP contribution in [0, 0.1) is 0 Å². The Balaban J connectivity index is 1.92. The van der Waals surface area contributed by atoms with Crippen molar-refractivity contribution in [3.8, 4) is 0 Å². The molecule has 1 heterocycles. The van der Waals surface area contributed by atoms with Crippen molar-refractivity contribution in [3.63, 3.8) is 0 Å². The topological polar surface area (TPSA) is 39.7 Å². The second-order valence-electron chi connectivity index (χ2n) is 3.90. The molecule has 0 aromatic heterocycles. The van der Waals surface area contributed by atoms with Crippen molar-refractivity contribution in [2.24, 2.45) is 0 Å². The molecule has 14 heavy (non-hydrogen) atoms. The molecule has 1 unspecified atom stereocenters. The standard InChI is InChI=1S/C10H21NO3/c1-10(3-5-14-9-10)11-4-6-13-8-7-12-2/h11H,3-9H2,1-2H3. The number of ether oxygens (including phenoxy) is 3. The fourth-order valence-corrected chi connectivity index (χ4v) is 1.48. The maximum absolute atomic E-state index is 5.35. The summed E-state index contributed by atoms with van der Waals surface area (Å²) in [7, 11) is 1.68. The lowest BCUT2D eigenvalue weighted by molar-refractivity contribution is 0.0684. The van der Waals surface area contributed by atoms with Crippen LogP contribution in [0.3, 0.4) is 0 Å². The normalized spacial score (nSPS) is 27.0. The first kappa shape index (κ1) is 11.9. The fourth-order valence-electron chi connectivity index (χ4n) is 1.48. The average Bonchev–Trinajstić information content (AvgIpc) is 2.59. The lowest BCUT2D eigenvalue weighted by Gasteiger charge is -2.23. The highest BCUT2D eigenvalue weighted by molar-refractivity contribution is 4.86. The molecule has 0 aromatic rings. The molecule has 1 fully saturated rings. The number of rotatable bonds is 7. The van der Waals surface area contributed by atoms with Crippen LogP contribution in [0.4, 0.5) is 0 Å². The third-order valence-corrected chi connectivity index (χ3v) is 2.45. The minimum absolute atomic E-state index is 0.157. The van der Waals surface area contributed by atoms with E-state index >= 15 is 0 Å². The van der Waals surface area contributed by atoms with Crippen LogP contribution in [0.15, 0.2) is 0 Å². The summed E-state index contributed by atoms with van der Waals surface area (Å²) in [6.45, 7) is 6.82. The van der Waals surface area contributed by atoms with Crippen molar-refractivity contribution in [1.29, 1.82) is 0 Å². The molecule has 1 atom stereocenters. The fraction of sp³-hybridized carbons (Fsp3) is 1.00. The van der Waals surface area contributed by atoms with Gasteiger partial charge in [0.05, 0.1) is 26.4 Å². The minimum atomic E-state index is 0.157. The molecule has 4 nitrogen and oxygen atoms in total. The van der Waals surface area contributed by atoms with E-state index in [1.165, 1.54) is 0 Å². The predicted molar refractivity (Wildman–Crippen MR) is 54.5 cm³/mol. The zero-order valence-electron chi connectivity index (χ0n) is 9.17. The first-order valence-electron chi connectivity index (χ1n) is 5.16. The van der Waals surface area contributed by atoms with E-state index in [9.17, 15) is 0 Å². The van der Waals surface area contributed by atoms with E-state index < -0.39 is 0 Å². The Kier molecular flexibility index (Phi) is 5.40. The first-order valence-corrected chi connectivity index (χ1v) is 5.16. The summed E-state index contributed by atoms with van der Waals surface area (Å²) in [5.41, 5.74) is 0.157. The Morgan fingerprint density at radius 2 is 2.21 bits per heavy atom. The van der Waals surface area contributed by atoms with Crippen LogP contribution < -0.4 is 5.32 Å². The molecule has 0 radical (unpaired) electrons. The molecule has 1 rings (SSSR count). The van der Waals surface area contributed by atoms with Gasteiger partial charge in [0, 0.05) is 25.8 Å². The molecule has 0 aliphatic carbocycles. The molecule has 1 aliphatic rings. The van der Waals surface area contributed by atoms with Crippen LogP contribution in [0.25, 0.3) is 0 Å². The molecule has 0 saturated carbocycles. The molecule has 0 bridgehead atoms. The Bertz CT molecular complexity index is 146. The van der Waals surface area contributed by atoms with Crippen molar-refractivity contribution in [3.05, 3.63) is 0 Å². The van der Waals surface area contributed by atoms with Crippen molar-refractivity contribution < 1.29 is 14.2 Å². The van der Waals surface area contributed by atoms with E-state index in [0.717, 1.165) is 32.8 Å². The van der Waals surface area contributed by atoms with Gasteiger partial charge < -0.3 is 19.5 Å². The molecule has 0 spiro atoms. The largest absolute Gasteiger partial charge is 0.382 e. The highest BCUT2D eigenvalue weighted by Crippen LogP contribution is 2.16. The lowest BCUT2D eigenvalue weighted by Crippen LogP contribution is -2.44. The summed E-state index contributed by atoms with van der Waals surface area (Å²) in [5, 5.41) is 3.44. The summed E-state index contributed by atoms with van der Waals surface area (Å²) in [6, 6.07) is 0. The third-order valence-electron chi connectivity index (χ3n) is 2.45. The lowest BCUT2D eigenvalue weighted by atomic mass is 10.0. The Morgan fingerprint density at radius 3 is 2.86 bits per heavy atom. The molecular weight excluding hydrogens is 182 g/mol. The number of methoxy groups -OCH3 is 1. The summed E-state index contributed by atoms with van der Waals surface area (Å²) in [4.78, 5) is 0. The first-order chi connectivity index (χ1) is 6.77. The predicted octanol–water partition coefficient (Wildman–Crippen LogP) is 0.418. The zero-order chi connectivity index (χ0) is 10.3. The van der Waals surface area contributed by atoms with Gasteiger partial charge in [-0.2, -0.15) is 0 Å². The highest BCUT2D eigenvalue weighted by atomic mass is 16.5. The molecule has 4 heteroatoms. The Labute approximate surface area is 85.9 Å². The van der Waals surface area contributed by atoms with Gasteiger partial charge in [0.15, 0.2) is 0 Å². The van der Waals surface area contributed by atoms with E-state index in [1.807, 2.05) is 0 Å². The summed E-state index contributed by atoms with van der Waals surface area (Å²) in [6.07, 6.45) is 1.09. The van der Waals surface area contributed by atoms with Gasteiger partial charge in [-0.25, -0.2) is 0 Å². The van der Waals surface area contributed by atoms with E-state index in [1.54, 1.807) is 7.11 Å². The smallest absolute Gasteiger partial charge is 0.0700 e. The summed E-state index contributed by atoms with van der Waals surface area (Å²) >= 11 is 0. The third kappa shape index (κ3) is 4.37. The molecular formula is C10H21NO3. The SMILES string of the molecule is COCCOCCNC1(C)CCOC1.